The molecular weight excluding hydrogens is 260 g/mol. The lowest BCUT2D eigenvalue weighted by atomic mass is 10.2. The second-order valence-corrected chi connectivity index (χ2v) is 3.89. The molecule has 0 bridgehead atoms. The van der Waals surface area contributed by atoms with Crippen LogP contribution in [0.4, 0.5) is 17.6 Å². The maximum atomic E-state index is 12.6. The van der Waals surface area contributed by atoms with Gasteiger partial charge in [0.05, 0.1) is 5.02 Å². The molecule has 1 saturated heterocycles. The third-order valence-electron chi connectivity index (χ3n) is 2.26. The number of hydrogen-bond acceptors (Lipinski definition) is 1. The van der Waals surface area contributed by atoms with Gasteiger partial charge in [0, 0.05) is 18.8 Å². The fourth-order valence-corrected chi connectivity index (χ4v) is 1.39. The Morgan fingerprint density at radius 2 is 1.35 bits per heavy atom. The van der Waals surface area contributed by atoms with Crippen LogP contribution in [0.15, 0.2) is 0 Å². The maximum absolute atomic E-state index is 12.6. The fraction of sp³-hybridized carbons (Fsp3) is 0.455. The second kappa shape index (κ2) is 6.21. The van der Waals surface area contributed by atoms with Crippen molar-refractivity contribution >= 4 is 11.6 Å². The molecule has 17 heavy (non-hydrogen) atoms. The van der Waals surface area contributed by atoms with Gasteiger partial charge in [0.15, 0.2) is 23.3 Å². The highest BCUT2D eigenvalue weighted by molar-refractivity contribution is 6.31. The Balaban J connectivity index is 0.000000239. The lowest BCUT2D eigenvalue weighted by molar-refractivity contribution is 0.198. The normalized spacial score (nSPS) is 14.5. The zero-order valence-electron chi connectivity index (χ0n) is 9.13. The van der Waals surface area contributed by atoms with Gasteiger partial charge in [-0.15, -0.1) is 0 Å². The minimum Gasteiger partial charge on any atom is -0.381 e. The van der Waals surface area contributed by atoms with Gasteiger partial charge in [0.1, 0.15) is 0 Å². The van der Waals surface area contributed by atoms with E-state index in [0.717, 1.165) is 20.1 Å². The van der Waals surface area contributed by atoms with E-state index in [2.05, 4.69) is 0 Å². The largest absolute Gasteiger partial charge is 0.381 e. The van der Waals surface area contributed by atoms with Gasteiger partial charge in [-0.2, -0.15) is 0 Å². The SMILES string of the molecule is C1CCOC1.Cc1c(F)c(F)c(F)c(F)c1Cl. The average molecular weight is 271 g/mol. The number of hydrogen-bond donors (Lipinski definition) is 0. The minimum absolute atomic E-state index is 0.437. The van der Waals surface area contributed by atoms with Crippen LogP contribution in [0.2, 0.25) is 5.02 Å². The van der Waals surface area contributed by atoms with Gasteiger partial charge in [-0.25, -0.2) is 17.6 Å². The van der Waals surface area contributed by atoms with Gasteiger partial charge < -0.3 is 4.74 Å². The van der Waals surface area contributed by atoms with E-state index in [1.807, 2.05) is 0 Å². The van der Waals surface area contributed by atoms with Crippen LogP contribution in [-0.2, 0) is 4.74 Å². The zero-order chi connectivity index (χ0) is 13.0. The molecule has 0 atom stereocenters. The topological polar surface area (TPSA) is 9.23 Å². The molecule has 0 saturated carbocycles. The van der Waals surface area contributed by atoms with E-state index in [9.17, 15) is 17.6 Å². The van der Waals surface area contributed by atoms with E-state index in [0.29, 0.717) is 0 Å². The third kappa shape index (κ3) is 3.33. The highest BCUT2D eigenvalue weighted by atomic mass is 35.5. The standard InChI is InChI=1S/C7H3ClF4.C4H8O/c1-2-3(8)5(10)7(12)6(11)4(2)9;1-2-4-5-3-1/h1H3;1-4H2. The van der Waals surface area contributed by atoms with Crippen molar-refractivity contribution < 1.29 is 22.3 Å². The van der Waals surface area contributed by atoms with Crippen LogP contribution in [0.25, 0.3) is 0 Å². The summed E-state index contributed by atoms with van der Waals surface area (Å²) in [5.41, 5.74) is -0.437. The Labute approximate surface area is 101 Å². The average Bonchev–Trinajstić information content (AvgIpc) is 2.90. The molecule has 1 heterocycles. The second-order valence-electron chi connectivity index (χ2n) is 3.51. The Kier molecular flexibility index (Phi) is 5.21. The first-order valence-electron chi connectivity index (χ1n) is 5.02. The Bertz CT molecular complexity index is 292. The molecule has 1 aromatic rings. The first-order chi connectivity index (χ1) is 7.96. The van der Waals surface area contributed by atoms with E-state index in [4.69, 9.17) is 16.3 Å². The lowest BCUT2D eigenvalue weighted by Crippen LogP contribution is -1.99. The van der Waals surface area contributed by atoms with Gasteiger partial charge in [0.25, 0.3) is 0 Å². The molecule has 0 N–H and O–H groups in total. The summed E-state index contributed by atoms with van der Waals surface area (Å²) in [7, 11) is 0. The summed E-state index contributed by atoms with van der Waals surface area (Å²) in [6, 6.07) is 0. The summed E-state index contributed by atoms with van der Waals surface area (Å²) in [6.07, 6.45) is 2.56. The number of benzene rings is 1. The predicted octanol–water partition coefficient (Wildman–Crippen LogP) is 4.00. The highest BCUT2D eigenvalue weighted by Crippen LogP contribution is 2.26. The summed E-state index contributed by atoms with van der Waals surface area (Å²) in [5.74, 6) is -6.75. The molecule has 0 aliphatic carbocycles. The van der Waals surface area contributed by atoms with Gasteiger partial charge in [-0.1, -0.05) is 11.6 Å². The van der Waals surface area contributed by atoms with Crippen molar-refractivity contribution in [2.75, 3.05) is 13.2 Å². The molecule has 0 amide bonds. The van der Waals surface area contributed by atoms with Crippen molar-refractivity contribution in [3.05, 3.63) is 33.9 Å². The van der Waals surface area contributed by atoms with Gasteiger partial charge >= 0.3 is 0 Å². The Morgan fingerprint density at radius 3 is 1.76 bits per heavy atom. The van der Waals surface area contributed by atoms with Gasteiger partial charge in [-0.05, 0) is 19.8 Å². The number of ether oxygens (including phenoxy) is 1. The van der Waals surface area contributed by atoms with Crippen molar-refractivity contribution in [3.63, 3.8) is 0 Å². The molecule has 1 aliphatic heterocycles. The van der Waals surface area contributed by atoms with Crippen molar-refractivity contribution in [1.29, 1.82) is 0 Å². The van der Waals surface area contributed by atoms with Crippen LogP contribution < -0.4 is 0 Å². The van der Waals surface area contributed by atoms with Crippen molar-refractivity contribution in [2.24, 2.45) is 0 Å². The number of halogens is 5. The molecule has 0 unspecified atom stereocenters. The van der Waals surface area contributed by atoms with E-state index in [1.165, 1.54) is 12.8 Å². The first kappa shape index (κ1) is 14.3. The van der Waals surface area contributed by atoms with Crippen LogP contribution in [0.5, 0.6) is 0 Å². The summed E-state index contributed by atoms with van der Waals surface area (Å²) < 4.78 is 54.8. The quantitative estimate of drug-likeness (QED) is 0.393. The monoisotopic (exact) mass is 270 g/mol. The molecule has 0 aromatic heterocycles. The zero-order valence-corrected chi connectivity index (χ0v) is 9.88. The molecule has 96 valence electrons. The van der Waals surface area contributed by atoms with Crippen LogP contribution in [0, 0.1) is 30.2 Å². The van der Waals surface area contributed by atoms with Crippen LogP contribution in [-0.4, -0.2) is 13.2 Å². The highest BCUT2D eigenvalue weighted by Gasteiger charge is 2.21. The smallest absolute Gasteiger partial charge is 0.199 e. The van der Waals surface area contributed by atoms with E-state index in [1.54, 1.807) is 0 Å². The van der Waals surface area contributed by atoms with Crippen molar-refractivity contribution in [2.45, 2.75) is 19.8 Å². The van der Waals surface area contributed by atoms with Gasteiger partial charge in [0.2, 0.25) is 0 Å². The third-order valence-corrected chi connectivity index (χ3v) is 2.71. The first-order valence-corrected chi connectivity index (χ1v) is 5.40. The summed E-state index contributed by atoms with van der Waals surface area (Å²) >= 11 is 5.14. The molecule has 1 fully saturated rings. The van der Waals surface area contributed by atoms with E-state index < -0.39 is 33.9 Å². The molecule has 1 nitrogen and oxygen atoms in total. The summed E-state index contributed by atoms with van der Waals surface area (Å²) in [6.45, 7) is 3.06. The molecule has 1 aliphatic rings. The van der Waals surface area contributed by atoms with Crippen molar-refractivity contribution in [3.8, 4) is 0 Å². The van der Waals surface area contributed by atoms with Gasteiger partial charge in [-0.3, -0.25) is 0 Å². The molecule has 0 spiro atoms. The van der Waals surface area contributed by atoms with Crippen LogP contribution >= 0.6 is 11.6 Å². The van der Waals surface area contributed by atoms with Crippen LogP contribution in [0.1, 0.15) is 18.4 Å². The Morgan fingerprint density at radius 1 is 0.882 bits per heavy atom. The maximum Gasteiger partial charge on any atom is 0.199 e. The van der Waals surface area contributed by atoms with E-state index >= 15 is 0 Å². The fourth-order valence-electron chi connectivity index (χ4n) is 1.22. The van der Waals surface area contributed by atoms with E-state index in [-0.39, 0.29) is 0 Å². The van der Waals surface area contributed by atoms with Crippen molar-refractivity contribution in [1.82, 2.24) is 0 Å². The number of rotatable bonds is 0. The molecule has 0 radical (unpaired) electrons. The summed E-state index contributed by atoms with van der Waals surface area (Å²) in [4.78, 5) is 0. The minimum atomic E-state index is -1.89. The molecule has 2 rings (SSSR count). The summed E-state index contributed by atoms with van der Waals surface area (Å²) in [5, 5.41) is -0.730. The molecule has 6 heteroatoms. The lowest BCUT2D eigenvalue weighted by Gasteiger charge is -2.03. The Hall–Kier alpha value is -0.810. The molecular formula is C11H11ClF4O. The molecule has 1 aromatic carbocycles. The predicted molar refractivity (Wildman–Crippen MR) is 56.1 cm³/mol. The van der Waals surface area contributed by atoms with Crippen LogP contribution in [0.3, 0.4) is 0 Å².